The van der Waals surface area contributed by atoms with Gasteiger partial charge < -0.3 is 28.4 Å². The highest BCUT2D eigenvalue weighted by molar-refractivity contribution is 6.26. The van der Waals surface area contributed by atoms with Crippen molar-refractivity contribution in [3.05, 3.63) is 58.4 Å². The highest BCUT2D eigenvalue weighted by Gasteiger charge is 2.54. The van der Waals surface area contributed by atoms with Crippen LogP contribution in [0.25, 0.3) is 0 Å². The second-order valence-corrected chi connectivity index (χ2v) is 9.68. The minimum atomic E-state index is -1.66. The first-order chi connectivity index (χ1) is 19.3. The normalized spacial score (nSPS) is 23.6. The molecule has 0 amide bonds. The predicted octanol–water partition coefficient (Wildman–Crippen LogP) is 2.78. The molecule has 1 fully saturated rings. The van der Waals surface area contributed by atoms with Crippen LogP contribution >= 0.6 is 0 Å². The molecule has 1 saturated heterocycles. The predicted molar refractivity (Wildman–Crippen MR) is 139 cm³/mol. The molecular formula is C29H32O12. The van der Waals surface area contributed by atoms with Crippen molar-refractivity contribution in [2.24, 2.45) is 0 Å². The van der Waals surface area contributed by atoms with Crippen LogP contribution in [0.1, 0.15) is 68.7 Å². The van der Waals surface area contributed by atoms with Crippen LogP contribution < -0.4 is 0 Å². The minimum absolute atomic E-state index is 0.0303. The van der Waals surface area contributed by atoms with Crippen LogP contribution in [0.2, 0.25) is 0 Å². The van der Waals surface area contributed by atoms with E-state index in [1.165, 1.54) is 12.1 Å². The smallest absolute Gasteiger partial charge is 0.303 e. The molecule has 41 heavy (non-hydrogen) atoms. The van der Waals surface area contributed by atoms with Crippen LogP contribution in [0.3, 0.4) is 0 Å². The summed E-state index contributed by atoms with van der Waals surface area (Å²) in [5.74, 6) is -4.55. The topological polar surface area (TPSA) is 158 Å². The first-order valence-electron chi connectivity index (χ1n) is 12.8. The molecule has 1 aromatic rings. The summed E-state index contributed by atoms with van der Waals surface area (Å²) in [7, 11) is 0. The zero-order valence-electron chi connectivity index (χ0n) is 23.6. The summed E-state index contributed by atoms with van der Waals surface area (Å²) in [6, 6.07) is 6.23. The number of hydrogen-bond donors (Lipinski definition) is 0. The maximum atomic E-state index is 13.6. The Morgan fingerprint density at radius 1 is 0.756 bits per heavy atom. The number of ketones is 2. The number of fused-ring (bicyclic) bond motifs is 1. The van der Waals surface area contributed by atoms with Gasteiger partial charge in [-0.05, 0) is 20.3 Å². The summed E-state index contributed by atoms with van der Waals surface area (Å²) >= 11 is 0. The van der Waals surface area contributed by atoms with Crippen LogP contribution in [0.4, 0.5) is 0 Å². The molecule has 0 radical (unpaired) electrons. The fourth-order valence-electron chi connectivity index (χ4n) is 4.42. The van der Waals surface area contributed by atoms with E-state index in [4.69, 9.17) is 28.4 Å². The van der Waals surface area contributed by atoms with Gasteiger partial charge in [-0.1, -0.05) is 35.9 Å². The van der Waals surface area contributed by atoms with Gasteiger partial charge >= 0.3 is 23.9 Å². The van der Waals surface area contributed by atoms with Gasteiger partial charge in [-0.15, -0.1) is 0 Å². The Kier molecular flexibility index (Phi) is 10.2. The number of carbonyl (C=O) groups excluding carboxylic acids is 6. The van der Waals surface area contributed by atoms with Crippen molar-refractivity contribution < 1.29 is 57.2 Å². The molecule has 1 aromatic carbocycles. The Morgan fingerprint density at radius 3 is 1.83 bits per heavy atom. The number of benzene rings is 1. The molecule has 12 nitrogen and oxygen atoms in total. The summed E-state index contributed by atoms with van der Waals surface area (Å²) in [5, 5.41) is 0. The van der Waals surface area contributed by atoms with Crippen molar-refractivity contribution in [2.45, 2.75) is 78.7 Å². The van der Waals surface area contributed by atoms with E-state index in [-0.39, 0.29) is 28.9 Å². The van der Waals surface area contributed by atoms with Gasteiger partial charge in [0, 0.05) is 38.8 Å². The Balaban J connectivity index is 2.15. The van der Waals surface area contributed by atoms with Gasteiger partial charge in [0.15, 0.2) is 23.8 Å². The van der Waals surface area contributed by atoms with Crippen LogP contribution in [0.5, 0.6) is 0 Å². The van der Waals surface area contributed by atoms with Crippen molar-refractivity contribution in [3.63, 3.8) is 0 Å². The van der Waals surface area contributed by atoms with E-state index in [1.54, 1.807) is 18.2 Å². The third kappa shape index (κ3) is 7.66. The summed E-state index contributed by atoms with van der Waals surface area (Å²) in [4.78, 5) is 74.9. The zero-order chi connectivity index (χ0) is 30.4. The summed E-state index contributed by atoms with van der Waals surface area (Å²) in [5.41, 5.74) is 1.20. The molecule has 1 aliphatic heterocycles. The number of rotatable bonds is 9. The van der Waals surface area contributed by atoms with Crippen LogP contribution in [0.15, 0.2) is 47.2 Å². The van der Waals surface area contributed by atoms with Gasteiger partial charge in [0.25, 0.3) is 0 Å². The number of esters is 4. The Labute approximate surface area is 236 Å². The van der Waals surface area contributed by atoms with Gasteiger partial charge in [0.2, 0.25) is 18.2 Å². The molecule has 0 bridgehead atoms. The van der Waals surface area contributed by atoms with Crippen LogP contribution in [-0.4, -0.2) is 72.8 Å². The van der Waals surface area contributed by atoms with Crippen LogP contribution in [-0.2, 0) is 47.6 Å². The standard InChI is InChI=1S/C29H32O12/c1-14(2)11-12-21-23(34)19-9-7-8-10-20(19)24(35)25(21)41-29-28(39-18(6)33)27(38-17(5)32)26(37-16(4)31)22(40-29)13-36-15(3)30/h7-11,22,26-29H,12-13H2,1-6H3/t22-,26+,27+,28+,29-/m0/s1. The quantitative estimate of drug-likeness (QED) is 0.242. The third-order valence-corrected chi connectivity index (χ3v) is 6.07. The van der Waals surface area contributed by atoms with Crippen molar-refractivity contribution in [3.8, 4) is 0 Å². The van der Waals surface area contributed by atoms with Gasteiger partial charge in [-0.3, -0.25) is 28.8 Å². The highest BCUT2D eigenvalue weighted by atomic mass is 16.7. The minimum Gasteiger partial charge on any atom is -0.463 e. The molecule has 2 aliphatic rings. The maximum Gasteiger partial charge on any atom is 0.303 e. The molecule has 0 spiro atoms. The fraction of sp³-hybridized carbons (Fsp3) is 0.448. The summed E-state index contributed by atoms with van der Waals surface area (Å²) in [6.07, 6.45) is -5.62. The van der Waals surface area contributed by atoms with Crippen molar-refractivity contribution in [2.75, 3.05) is 6.61 Å². The average Bonchev–Trinajstić information content (AvgIpc) is 2.88. The third-order valence-electron chi connectivity index (χ3n) is 6.07. The number of ether oxygens (including phenoxy) is 6. The molecule has 12 heteroatoms. The maximum absolute atomic E-state index is 13.6. The fourth-order valence-corrected chi connectivity index (χ4v) is 4.42. The molecule has 0 unspecified atom stereocenters. The Hall–Kier alpha value is -4.32. The van der Waals surface area contributed by atoms with E-state index in [9.17, 15) is 28.8 Å². The molecule has 0 aromatic heterocycles. The van der Waals surface area contributed by atoms with E-state index in [0.717, 1.165) is 33.3 Å². The molecule has 1 aliphatic carbocycles. The first kappa shape index (κ1) is 31.2. The number of carbonyl (C=O) groups is 6. The second kappa shape index (κ2) is 13.4. The lowest BCUT2D eigenvalue weighted by molar-refractivity contribution is -0.299. The highest BCUT2D eigenvalue weighted by Crippen LogP contribution is 2.35. The lowest BCUT2D eigenvalue weighted by atomic mass is 9.86. The van der Waals surface area contributed by atoms with E-state index in [1.807, 2.05) is 13.8 Å². The van der Waals surface area contributed by atoms with Gasteiger partial charge in [0.05, 0.1) is 5.57 Å². The van der Waals surface area contributed by atoms with E-state index >= 15 is 0 Å². The Morgan fingerprint density at radius 2 is 1.29 bits per heavy atom. The first-order valence-corrected chi connectivity index (χ1v) is 12.8. The summed E-state index contributed by atoms with van der Waals surface area (Å²) < 4.78 is 33.3. The Bertz CT molecular complexity index is 1300. The molecular weight excluding hydrogens is 540 g/mol. The van der Waals surface area contributed by atoms with Crippen molar-refractivity contribution >= 4 is 35.4 Å². The lowest BCUT2D eigenvalue weighted by Crippen LogP contribution is -2.63. The summed E-state index contributed by atoms with van der Waals surface area (Å²) in [6.45, 7) is 7.58. The second-order valence-electron chi connectivity index (χ2n) is 9.68. The van der Waals surface area contributed by atoms with Gasteiger partial charge in [0.1, 0.15) is 12.7 Å². The number of hydrogen-bond acceptors (Lipinski definition) is 12. The molecule has 220 valence electrons. The zero-order valence-corrected chi connectivity index (χ0v) is 23.6. The molecule has 1 heterocycles. The molecule has 3 rings (SSSR count). The lowest BCUT2D eigenvalue weighted by Gasteiger charge is -2.44. The van der Waals surface area contributed by atoms with E-state index in [0.29, 0.717) is 0 Å². The van der Waals surface area contributed by atoms with E-state index in [2.05, 4.69) is 0 Å². The number of Topliss-reactive ketones (excluding diaryl/α,β-unsaturated/α-hetero) is 2. The largest absolute Gasteiger partial charge is 0.463 e. The monoisotopic (exact) mass is 572 g/mol. The SMILES string of the molecule is CC(=O)OC[C@@H]1O[C@@H](OC2=C(CC=C(C)C)C(=O)c3ccccc3C2=O)[C@H](OC(C)=O)[C@H](OC(C)=O)[C@@H]1OC(C)=O. The average molecular weight is 573 g/mol. The van der Waals surface area contributed by atoms with Crippen molar-refractivity contribution in [1.29, 1.82) is 0 Å². The van der Waals surface area contributed by atoms with E-state index < -0.39 is 72.8 Å². The molecule has 0 N–H and O–H groups in total. The van der Waals surface area contributed by atoms with Crippen LogP contribution in [0, 0.1) is 0 Å². The molecule has 5 atom stereocenters. The van der Waals surface area contributed by atoms with Gasteiger partial charge in [-0.25, -0.2) is 0 Å². The number of allylic oxidation sites excluding steroid dienone is 4. The molecule has 0 saturated carbocycles. The van der Waals surface area contributed by atoms with Crippen molar-refractivity contribution in [1.82, 2.24) is 0 Å². The van der Waals surface area contributed by atoms with Gasteiger partial charge in [-0.2, -0.15) is 0 Å².